The molecule has 2 aromatic rings. The second-order valence-corrected chi connectivity index (χ2v) is 9.24. The average Bonchev–Trinajstić information content (AvgIpc) is 2.67. The zero-order chi connectivity index (χ0) is 21.3. The van der Waals surface area contributed by atoms with Gasteiger partial charge in [-0.15, -0.1) is 0 Å². The molecule has 158 valence electrons. The number of nitrogens with one attached hydrogen (secondary N) is 2. The van der Waals surface area contributed by atoms with E-state index in [1.54, 1.807) is 0 Å². The number of aldehydes is 1. The third-order valence-corrected chi connectivity index (χ3v) is 6.83. The summed E-state index contributed by atoms with van der Waals surface area (Å²) in [5.41, 5.74) is 2.88. The molecule has 2 fully saturated rings. The molecule has 1 saturated carbocycles. The van der Waals surface area contributed by atoms with Gasteiger partial charge in [-0.3, -0.25) is 20.2 Å². The fraction of sp³-hybridized carbons (Fsp3) is 0.435. The van der Waals surface area contributed by atoms with Crippen LogP contribution in [0.25, 0.3) is 0 Å². The molecule has 1 aliphatic heterocycles. The number of rotatable bonds is 8. The normalized spacial score (nSPS) is 18.1. The lowest BCUT2D eigenvalue weighted by molar-refractivity contribution is -0.0937. The first-order chi connectivity index (χ1) is 14.4. The van der Waals surface area contributed by atoms with Crippen molar-refractivity contribution in [3.8, 4) is 0 Å². The van der Waals surface area contributed by atoms with Gasteiger partial charge < -0.3 is 4.90 Å². The number of likely N-dealkylation sites (tertiary alicyclic amines) is 1. The summed E-state index contributed by atoms with van der Waals surface area (Å²) in [6.07, 6.45) is 7.88. The Morgan fingerprint density at radius 1 is 1.27 bits per heavy atom. The minimum absolute atomic E-state index is 0.130. The van der Waals surface area contributed by atoms with Crippen LogP contribution in [0.2, 0.25) is 5.02 Å². The van der Waals surface area contributed by atoms with E-state index in [-0.39, 0.29) is 11.3 Å². The molecule has 1 aromatic carbocycles. The number of hydrogen-bond donors (Lipinski definition) is 2. The largest absolute Gasteiger partial charge is 0.302 e. The molecule has 30 heavy (non-hydrogen) atoms. The maximum Gasteiger partial charge on any atom is 0.151 e. The molecule has 0 bridgehead atoms. The highest BCUT2D eigenvalue weighted by molar-refractivity contribution is 6.32. The Bertz CT molecular complexity index is 1020. The summed E-state index contributed by atoms with van der Waals surface area (Å²) in [6, 6.07) is 7.25. The van der Waals surface area contributed by atoms with Gasteiger partial charge in [0, 0.05) is 24.8 Å². The smallest absolute Gasteiger partial charge is 0.151 e. The second kappa shape index (κ2) is 8.44. The van der Waals surface area contributed by atoms with Crippen LogP contribution in [-0.4, -0.2) is 41.7 Å². The quantitative estimate of drug-likeness (QED) is 0.380. The Kier molecular flexibility index (Phi) is 5.89. The summed E-state index contributed by atoms with van der Waals surface area (Å²) in [6.45, 7) is 3.16. The minimum atomic E-state index is -0.351. The van der Waals surface area contributed by atoms with Crippen molar-refractivity contribution < 1.29 is 9.18 Å². The van der Waals surface area contributed by atoms with Gasteiger partial charge in [-0.25, -0.2) is 4.39 Å². The maximum atomic E-state index is 14.1. The molecule has 7 heteroatoms. The third kappa shape index (κ3) is 4.25. The highest BCUT2D eigenvalue weighted by atomic mass is 35.5. The first-order valence-electron chi connectivity index (χ1n) is 10.3. The summed E-state index contributed by atoms with van der Waals surface area (Å²) in [7, 11) is 0. The molecule has 5 nitrogen and oxygen atoms in total. The molecule has 2 heterocycles. The lowest BCUT2D eigenvalue weighted by atomic mass is 9.56. The van der Waals surface area contributed by atoms with E-state index >= 15 is 0 Å². The van der Waals surface area contributed by atoms with E-state index in [2.05, 4.69) is 4.90 Å². The SMILES string of the molecule is N=Cn1cc(F)c(CCCN2CC3(CC(Cc4ccc(Cl)c(C=O)c4)C3)C2)cc1=N. The van der Waals surface area contributed by atoms with Crippen LogP contribution in [0.3, 0.4) is 0 Å². The Morgan fingerprint density at radius 3 is 2.73 bits per heavy atom. The van der Waals surface area contributed by atoms with Crippen molar-refractivity contribution >= 4 is 24.2 Å². The van der Waals surface area contributed by atoms with E-state index in [1.165, 1.54) is 30.7 Å². The van der Waals surface area contributed by atoms with Gasteiger partial charge in [0.1, 0.15) is 11.3 Å². The van der Waals surface area contributed by atoms with Crippen molar-refractivity contribution in [1.29, 1.82) is 10.8 Å². The first kappa shape index (κ1) is 20.9. The number of benzene rings is 1. The van der Waals surface area contributed by atoms with E-state index in [4.69, 9.17) is 22.4 Å². The molecule has 1 saturated heterocycles. The van der Waals surface area contributed by atoms with Crippen LogP contribution < -0.4 is 5.49 Å². The number of halogens is 2. The Morgan fingerprint density at radius 2 is 2.03 bits per heavy atom. The summed E-state index contributed by atoms with van der Waals surface area (Å²) in [4.78, 5) is 13.5. The van der Waals surface area contributed by atoms with Gasteiger partial charge in [0.15, 0.2) is 6.29 Å². The molecule has 1 aliphatic carbocycles. The lowest BCUT2D eigenvalue weighted by Gasteiger charge is -2.59. The van der Waals surface area contributed by atoms with Gasteiger partial charge in [0.05, 0.1) is 11.4 Å². The molecule has 0 atom stereocenters. The predicted octanol–water partition coefficient (Wildman–Crippen LogP) is 3.92. The molecule has 1 aromatic heterocycles. The van der Waals surface area contributed by atoms with Gasteiger partial charge >= 0.3 is 0 Å². The van der Waals surface area contributed by atoms with E-state index in [0.717, 1.165) is 49.7 Å². The van der Waals surface area contributed by atoms with Gasteiger partial charge in [-0.05, 0) is 79.3 Å². The average molecular weight is 429 g/mol. The molecule has 2 aliphatic rings. The topological polar surface area (TPSA) is 72.9 Å². The van der Waals surface area contributed by atoms with Crippen LogP contribution in [-0.2, 0) is 12.8 Å². The zero-order valence-electron chi connectivity index (χ0n) is 16.8. The molecule has 2 N–H and O–H groups in total. The summed E-state index contributed by atoms with van der Waals surface area (Å²) in [5.74, 6) is 0.318. The number of pyridine rings is 1. The number of carbonyl (C=O) groups excluding carboxylic acids is 1. The van der Waals surface area contributed by atoms with E-state index in [1.807, 2.05) is 18.2 Å². The van der Waals surface area contributed by atoms with Crippen LogP contribution in [0, 0.1) is 28.0 Å². The van der Waals surface area contributed by atoms with Crippen LogP contribution in [0.4, 0.5) is 4.39 Å². The molecule has 1 spiro atoms. The fourth-order valence-electron chi connectivity index (χ4n) is 5.15. The maximum absolute atomic E-state index is 14.1. The summed E-state index contributed by atoms with van der Waals surface area (Å²) in [5, 5.41) is 15.5. The van der Waals surface area contributed by atoms with E-state index in [9.17, 15) is 9.18 Å². The number of aromatic nitrogens is 1. The zero-order valence-corrected chi connectivity index (χ0v) is 17.6. The van der Waals surface area contributed by atoms with Crippen LogP contribution in [0.15, 0.2) is 30.5 Å². The highest BCUT2D eigenvalue weighted by Gasteiger charge is 2.51. The Hall–Kier alpha value is -2.31. The molecule has 0 radical (unpaired) electrons. The van der Waals surface area contributed by atoms with Crippen molar-refractivity contribution in [3.05, 3.63) is 63.5 Å². The lowest BCUT2D eigenvalue weighted by Crippen LogP contribution is -2.62. The van der Waals surface area contributed by atoms with Crippen LogP contribution in [0.5, 0.6) is 0 Å². The van der Waals surface area contributed by atoms with Crippen LogP contribution in [0.1, 0.15) is 40.7 Å². The highest BCUT2D eigenvalue weighted by Crippen LogP contribution is 2.52. The van der Waals surface area contributed by atoms with Crippen molar-refractivity contribution in [3.63, 3.8) is 0 Å². The van der Waals surface area contributed by atoms with Crippen molar-refractivity contribution in [2.24, 2.45) is 11.3 Å². The van der Waals surface area contributed by atoms with Gasteiger partial charge in [0.2, 0.25) is 0 Å². The number of hydrogen-bond acceptors (Lipinski definition) is 4. The molecule has 0 unspecified atom stereocenters. The van der Waals surface area contributed by atoms with Crippen LogP contribution >= 0.6 is 11.6 Å². The van der Waals surface area contributed by atoms with Crippen molar-refractivity contribution in [2.75, 3.05) is 19.6 Å². The van der Waals surface area contributed by atoms with Gasteiger partial charge in [0.25, 0.3) is 0 Å². The van der Waals surface area contributed by atoms with E-state index in [0.29, 0.717) is 33.9 Å². The molecular weight excluding hydrogens is 403 g/mol. The number of carbonyl (C=O) groups is 1. The number of nitrogens with zero attached hydrogens (tertiary/aromatic N) is 2. The fourth-order valence-corrected chi connectivity index (χ4v) is 5.31. The summed E-state index contributed by atoms with van der Waals surface area (Å²) >= 11 is 6.01. The standard InChI is InChI=1S/C23H26ClFN4O/c24-20-4-3-16(7-19(20)12-30)6-17-9-23(10-17)13-28(14-23)5-1-2-18-8-22(27)29(15-26)11-21(18)25/h3-4,7-8,11-12,15,17,26-27H,1-2,5-6,9-10,13-14H2. The van der Waals surface area contributed by atoms with Gasteiger partial charge in [-0.1, -0.05) is 17.7 Å². The number of aryl methyl sites for hydroxylation is 1. The predicted molar refractivity (Wildman–Crippen MR) is 115 cm³/mol. The Labute approximate surface area is 180 Å². The van der Waals surface area contributed by atoms with Crippen molar-refractivity contribution in [2.45, 2.75) is 32.1 Å². The molecule has 0 amide bonds. The van der Waals surface area contributed by atoms with Gasteiger partial charge in [-0.2, -0.15) is 0 Å². The molecule has 4 rings (SSSR count). The van der Waals surface area contributed by atoms with Crippen molar-refractivity contribution in [1.82, 2.24) is 9.47 Å². The third-order valence-electron chi connectivity index (χ3n) is 6.48. The second-order valence-electron chi connectivity index (χ2n) is 8.83. The first-order valence-corrected chi connectivity index (χ1v) is 10.7. The Balaban J connectivity index is 1.19. The minimum Gasteiger partial charge on any atom is -0.302 e. The summed E-state index contributed by atoms with van der Waals surface area (Å²) < 4.78 is 15.2. The van der Waals surface area contributed by atoms with E-state index < -0.39 is 0 Å². The monoisotopic (exact) mass is 428 g/mol. The molecular formula is C23H26ClFN4O.